The maximum absolute atomic E-state index is 13.8. The van der Waals surface area contributed by atoms with E-state index in [1.807, 2.05) is 0 Å². The Balaban J connectivity index is 2.05. The zero-order chi connectivity index (χ0) is 15.6. The highest BCUT2D eigenvalue weighted by atomic mass is 19.4. The van der Waals surface area contributed by atoms with Crippen LogP contribution in [0.5, 0.6) is 5.75 Å². The van der Waals surface area contributed by atoms with Gasteiger partial charge in [-0.3, -0.25) is 4.79 Å². The normalized spacial score (nSPS) is 16.9. The van der Waals surface area contributed by atoms with E-state index in [1.165, 1.54) is 24.1 Å². The monoisotopic (exact) mass is 305 g/mol. The molecule has 1 aromatic rings. The number of likely N-dealkylation sites (tertiary alicyclic amines) is 1. The molecular weight excluding hydrogens is 290 g/mol. The van der Waals surface area contributed by atoms with Gasteiger partial charge in [0.2, 0.25) is 0 Å². The van der Waals surface area contributed by atoms with Crippen LogP contribution >= 0.6 is 0 Å². The molecular formula is C14H15F4NO2. The zero-order valence-corrected chi connectivity index (χ0v) is 11.4. The van der Waals surface area contributed by atoms with E-state index in [9.17, 15) is 22.4 Å². The second-order valence-corrected chi connectivity index (χ2v) is 4.95. The summed E-state index contributed by atoms with van der Waals surface area (Å²) in [5.41, 5.74) is -0.152. The van der Waals surface area contributed by atoms with Gasteiger partial charge >= 0.3 is 6.18 Å². The molecule has 0 bridgehead atoms. The number of carbonyl (C=O) groups excluding carboxylic acids is 1. The van der Waals surface area contributed by atoms with Gasteiger partial charge in [0.1, 0.15) is 11.6 Å². The van der Waals surface area contributed by atoms with Crippen LogP contribution in [0.4, 0.5) is 17.6 Å². The minimum absolute atomic E-state index is 0.0194. The number of carbonyl (C=O) groups is 1. The van der Waals surface area contributed by atoms with E-state index >= 15 is 0 Å². The summed E-state index contributed by atoms with van der Waals surface area (Å²) in [6, 6.07) is 3.81. The van der Waals surface area contributed by atoms with Crippen molar-refractivity contribution in [3.8, 4) is 5.75 Å². The number of nitrogens with zero attached hydrogens (tertiary/aromatic N) is 1. The molecule has 1 heterocycles. The van der Waals surface area contributed by atoms with Gasteiger partial charge in [0, 0.05) is 19.2 Å². The summed E-state index contributed by atoms with van der Waals surface area (Å²) in [4.78, 5) is 13.4. The largest absolute Gasteiger partial charge is 0.497 e. The molecule has 1 aromatic carbocycles. The zero-order valence-electron chi connectivity index (χ0n) is 11.4. The predicted molar refractivity (Wildman–Crippen MR) is 67.6 cm³/mol. The summed E-state index contributed by atoms with van der Waals surface area (Å²) >= 11 is 0. The number of hydrogen-bond acceptors (Lipinski definition) is 2. The third-order valence-corrected chi connectivity index (χ3v) is 3.65. The molecule has 1 amide bonds. The highest BCUT2D eigenvalue weighted by Crippen LogP contribution is 2.34. The van der Waals surface area contributed by atoms with Crippen molar-refractivity contribution in [1.29, 1.82) is 0 Å². The fourth-order valence-electron chi connectivity index (χ4n) is 2.38. The fourth-order valence-corrected chi connectivity index (χ4v) is 2.38. The number of methoxy groups -OCH3 is 1. The second-order valence-electron chi connectivity index (χ2n) is 4.95. The summed E-state index contributed by atoms with van der Waals surface area (Å²) < 4.78 is 56.3. The Bertz CT molecular complexity index is 522. The second kappa shape index (κ2) is 5.91. The molecule has 0 aliphatic carbocycles. The van der Waals surface area contributed by atoms with Crippen LogP contribution in [-0.2, 0) is 0 Å². The smallest absolute Gasteiger partial charge is 0.391 e. The lowest BCUT2D eigenvalue weighted by Crippen LogP contribution is -2.42. The van der Waals surface area contributed by atoms with Crippen molar-refractivity contribution in [2.75, 3.05) is 20.2 Å². The Hall–Kier alpha value is -1.79. The summed E-state index contributed by atoms with van der Waals surface area (Å²) in [6.45, 7) is -0.0387. The van der Waals surface area contributed by atoms with Crippen LogP contribution < -0.4 is 4.74 Å². The summed E-state index contributed by atoms with van der Waals surface area (Å²) in [5.74, 6) is -2.44. The highest BCUT2D eigenvalue weighted by Gasteiger charge is 2.41. The molecule has 1 fully saturated rings. The van der Waals surface area contributed by atoms with Crippen LogP contribution in [0.25, 0.3) is 0 Å². The number of hydrogen-bond donors (Lipinski definition) is 0. The Morgan fingerprint density at radius 1 is 1.29 bits per heavy atom. The van der Waals surface area contributed by atoms with E-state index in [0.29, 0.717) is 0 Å². The van der Waals surface area contributed by atoms with Crippen molar-refractivity contribution in [1.82, 2.24) is 4.90 Å². The molecule has 2 rings (SSSR count). The van der Waals surface area contributed by atoms with Gasteiger partial charge in [0.25, 0.3) is 5.91 Å². The van der Waals surface area contributed by atoms with Gasteiger partial charge < -0.3 is 9.64 Å². The van der Waals surface area contributed by atoms with Crippen LogP contribution in [0.2, 0.25) is 0 Å². The molecule has 1 aliphatic heterocycles. The minimum Gasteiger partial charge on any atom is -0.497 e. The molecule has 116 valence electrons. The molecule has 1 aliphatic rings. The number of ether oxygens (including phenoxy) is 1. The third kappa shape index (κ3) is 3.46. The summed E-state index contributed by atoms with van der Waals surface area (Å²) in [6.07, 6.45) is -4.53. The fraction of sp³-hybridized carbons (Fsp3) is 0.500. The van der Waals surface area contributed by atoms with E-state index in [1.54, 1.807) is 0 Å². The van der Waals surface area contributed by atoms with Gasteiger partial charge in [-0.2, -0.15) is 13.2 Å². The molecule has 0 saturated carbocycles. The molecule has 0 aromatic heterocycles. The Labute approximate surface area is 119 Å². The number of piperidine rings is 1. The number of rotatable bonds is 2. The van der Waals surface area contributed by atoms with Crippen molar-refractivity contribution in [3.63, 3.8) is 0 Å². The molecule has 0 unspecified atom stereocenters. The van der Waals surface area contributed by atoms with E-state index < -0.39 is 23.8 Å². The Morgan fingerprint density at radius 3 is 2.38 bits per heavy atom. The average Bonchev–Trinajstić information content (AvgIpc) is 2.45. The molecule has 3 nitrogen and oxygen atoms in total. The van der Waals surface area contributed by atoms with Gasteiger partial charge in [-0.05, 0) is 25.0 Å². The van der Waals surface area contributed by atoms with E-state index in [4.69, 9.17) is 4.74 Å². The first-order valence-electron chi connectivity index (χ1n) is 6.52. The highest BCUT2D eigenvalue weighted by molar-refractivity contribution is 5.94. The quantitative estimate of drug-likeness (QED) is 0.785. The SMILES string of the molecule is COc1ccc(C(=O)N2CCC(C(F)(F)F)CC2)c(F)c1. The predicted octanol–water partition coefficient (Wildman–Crippen LogP) is 3.25. The van der Waals surface area contributed by atoms with Gasteiger partial charge in [0.05, 0.1) is 18.6 Å². The lowest BCUT2D eigenvalue weighted by molar-refractivity contribution is -0.183. The number of benzene rings is 1. The van der Waals surface area contributed by atoms with Crippen LogP contribution in [-0.4, -0.2) is 37.2 Å². The Morgan fingerprint density at radius 2 is 1.90 bits per heavy atom. The molecule has 7 heteroatoms. The van der Waals surface area contributed by atoms with Crippen molar-refractivity contribution in [3.05, 3.63) is 29.6 Å². The minimum atomic E-state index is -4.24. The average molecular weight is 305 g/mol. The van der Waals surface area contributed by atoms with Crippen LogP contribution in [0.3, 0.4) is 0 Å². The van der Waals surface area contributed by atoms with Crippen molar-refractivity contribution >= 4 is 5.91 Å². The first-order chi connectivity index (χ1) is 9.82. The van der Waals surface area contributed by atoms with Crippen molar-refractivity contribution in [2.45, 2.75) is 19.0 Å². The summed E-state index contributed by atoms with van der Waals surface area (Å²) in [5, 5.41) is 0. The number of halogens is 4. The summed E-state index contributed by atoms with van der Waals surface area (Å²) in [7, 11) is 1.37. The van der Waals surface area contributed by atoms with Gasteiger partial charge in [-0.25, -0.2) is 4.39 Å². The van der Waals surface area contributed by atoms with Crippen molar-refractivity contribution in [2.24, 2.45) is 5.92 Å². The molecule has 0 radical (unpaired) electrons. The Kier molecular flexibility index (Phi) is 4.39. The van der Waals surface area contributed by atoms with Gasteiger partial charge in [-0.1, -0.05) is 0 Å². The first-order valence-corrected chi connectivity index (χ1v) is 6.52. The third-order valence-electron chi connectivity index (χ3n) is 3.65. The molecule has 0 atom stereocenters. The maximum atomic E-state index is 13.8. The molecule has 0 N–H and O–H groups in total. The standard InChI is InChI=1S/C14H15F4NO2/c1-21-10-2-3-11(12(15)8-10)13(20)19-6-4-9(5-7-19)14(16,17)18/h2-3,8-9H,4-7H2,1H3. The van der Waals surface area contributed by atoms with E-state index in [-0.39, 0.29) is 37.2 Å². The van der Waals surface area contributed by atoms with Crippen LogP contribution in [0, 0.1) is 11.7 Å². The topological polar surface area (TPSA) is 29.5 Å². The number of amides is 1. The van der Waals surface area contributed by atoms with E-state index in [2.05, 4.69) is 0 Å². The van der Waals surface area contributed by atoms with Crippen molar-refractivity contribution < 1.29 is 27.1 Å². The van der Waals surface area contributed by atoms with E-state index in [0.717, 1.165) is 6.07 Å². The lowest BCUT2D eigenvalue weighted by Gasteiger charge is -2.33. The lowest BCUT2D eigenvalue weighted by atomic mass is 9.96. The molecule has 1 saturated heterocycles. The number of alkyl halides is 3. The van der Waals surface area contributed by atoms with Crippen LogP contribution in [0.1, 0.15) is 23.2 Å². The van der Waals surface area contributed by atoms with Crippen LogP contribution in [0.15, 0.2) is 18.2 Å². The van der Waals surface area contributed by atoms with Gasteiger partial charge in [0.15, 0.2) is 0 Å². The van der Waals surface area contributed by atoms with Gasteiger partial charge in [-0.15, -0.1) is 0 Å². The molecule has 0 spiro atoms. The first kappa shape index (κ1) is 15.6. The molecule has 21 heavy (non-hydrogen) atoms. The maximum Gasteiger partial charge on any atom is 0.391 e.